The van der Waals surface area contributed by atoms with E-state index >= 15 is 0 Å². The summed E-state index contributed by atoms with van der Waals surface area (Å²) in [5, 5.41) is 10.8. The summed E-state index contributed by atoms with van der Waals surface area (Å²) >= 11 is 1.60. The molecule has 0 radical (unpaired) electrons. The highest BCUT2D eigenvalue weighted by molar-refractivity contribution is 7.18. The molecule has 1 aliphatic rings. The highest BCUT2D eigenvalue weighted by Gasteiger charge is 2.43. The molecule has 26 heavy (non-hydrogen) atoms. The lowest BCUT2D eigenvalue weighted by Crippen LogP contribution is -2.50. The molecule has 0 aliphatic carbocycles. The number of aryl methyl sites for hydroxylation is 1. The number of benzene rings is 1. The van der Waals surface area contributed by atoms with E-state index in [1.54, 1.807) is 23.3 Å². The quantitative estimate of drug-likeness (QED) is 0.782. The molecule has 0 spiro atoms. The van der Waals surface area contributed by atoms with Crippen LogP contribution in [0, 0.1) is 12.3 Å². The summed E-state index contributed by atoms with van der Waals surface area (Å²) in [7, 11) is 1.61. The number of nitrogens with zero attached hydrogens (tertiary/aromatic N) is 2. The molecule has 7 heteroatoms. The van der Waals surface area contributed by atoms with E-state index in [1.807, 2.05) is 25.1 Å². The Balaban J connectivity index is 1.80. The van der Waals surface area contributed by atoms with Crippen LogP contribution in [0.3, 0.4) is 0 Å². The number of piperidine rings is 1. The van der Waals surface area contributed by atoms with E-state index in [-0.39, 0.29) is 12.5 Å². The molecule has 1 atom stereocenters. The normalized spacial score (nSPS) is 20.5. The first kappa shape index (κ1) is 18.8. The number of hydrogen-bond donors (Lipinski definition) is 1. The van der Waals surface area contributed by atoms with Crippen LogP contribution in [0.4, 0.5) is 0 Å². The lowest BCUT2D eigenvalue weighted by Gasteiger charge is -2.40. The SMILES string of the molecule is COCCC[C@]1(C(=O)O)CCCN(C(=O)c2ccc3sc(C)nc3c2)C1. The third-order valence-electron chi connectivity index (χ3n) is 5.06. The molecule has 1 amide bonds. The number of carbonyl (C=O) groups excluding carboxylic acids is 1. The second-order valence-electron chi connectivity index (χ2n) is 6.93. The maximum atomic E-state index is 13.0. The number of aromatic nitrogens is 1. The van der Waals surface area contributed by atoms with Gasteiger partial charge in [-0.2, -0.15) is 0 Å². The molecular weight excluding hydrogens is 352 g/mol. The fraction of sp³-hybridized carbons (Fsp3) is 0.526. The van der Waals surface area contributed by atoms with Crippen molar-refractivity contribution in [2.24, 2.45) is 5.41 Å². The predicted molar refractivity (Wildman–Crippen MR) is 101 cm³/mol. The standard InChI is InChI=1S/C19H24N2O4S/c1-13-20-15-11-14(5-6-16(15)26-13)17(22)21-9-3-7-19(12-21,18(23)24)8-4-10-25-2/h5-6,11H,3-4,7-10,12H2,1-2H3,(H,23,24)/t19-/m1/s1. The van der Waals surface area contributed by atoms with Crippen LogP contribution in [0.15, 0.2) is 18.2 Å². The molecule has 2 aromatic rings. The van der Waals surface area contributed by atoms with Crippen LogP contribution in [0.5, 0.6) is 0 Å². The summed E-state index contributed by atoms with van der Waals surface area (Å²) in [6.45, 7) is 3.31. The van der Waals surface area contributed by atoms with Gasteiger partial charge in [-0.05, 0) is 50.8 Å². The topological polar surface area (TPSA) is 79.7 Å². The second-order valence-corrected chi connectivity index (χ2v) is 8.16. The summed E-state index contributed by atoms with van der Waals surface area (Å²) in [6.07, 6.45) is 2.49. The Morgan fingerprint density at radius 3 is 2.96 bits per heavy atom. The molecule has 0 saturated carbocycles. The lowest BCUT2D eigenvalue weighted by atomic mass is 9.76. The largest absolute Gasteiger partial charge is 0.481 e. The van der Waals surface area contributed by atoms with Crippen molar-refractivity contribution in [3.63, 3.8) is 0 Å². The van der Waals surface area contributed by atoms with E-state index in [1.165, 1.54) is 0 Å². The van der Waals surface area contributed by atoms with E-state index in [2.05, 4.69) is 4.98 Å². The van der Waals surface area contributed by atoms with E-state index < -0.39 is 11.4 Å². The van der Waals surface area contributed by atoms with Crippen molar-refractivity contribution < 1.29 is 19.4 Å². The zero-order chi connectivity index (χ0) is 18.7. The number of rotatable bonds is 6. The van der Waals surface area contributed by atoms with Crippen LogP contribution in [-0.4, -0.2) is 53.7 Å². The van der Waals surface area contributed by atoms with Crippen molar-refractivity contribution in [2.45, 2.75) is 32.6 Å². The molecule has 1 N–H and O–H groups in total. The molecule has 1 saturated heterocycles. The summed E-state index contributed by atoms with van der Waals surface area (Å²) in [5.41, 5.74) is 0.508. The first-order chi connectivity index (χ1) is 12.4. The predicted octanol–water partition coefficient (Wildman–Crippen LogP) is 3.34. The van der Waals surface area contributed by atoms with Gasteiger partial charge < -0.3 is 14.7 Å². The van der Waals surface area contributed by atoms with Gasteiger partial charge in [0.25, 0.3) is 5.91 Å². The molecule has 6 nitrogen and oxygen atoms in total. The Labute approximate surface area is 156 Å². The van der Waals surface area contributed by atoms with Crippen molar-refractivity contribution in [1.82, 2.24) is 9.88 Å². The number of carboxylic acid groups (broad SMARTS) is 1. The van der Waals surface area contributed by atoms with Gasteiger partial charge in [0.05, 0.1) is 20.6 Å². The molecule has 2 heterocycles. The number of ether oxygens (including phenoxy) is 1. The Kier molecular flexibility index (Phi) is 5.58. The van der Waals surface area contributed by atoms with Gasteiger partial charge in [-0.1, -0.05) is 0 Å². The van der Waals surface area contributed by atoms with Crippen molar-refractivity contribution in [3.8, 4) is 0 Å². The van der Waals surface area contributed by atoms with Gasteiger partial charge in [-0.15, -0.1) is 11.3 Å². The third kappa shape index (κ3) is 3.73. The molecule has 0 unspecified atom stereocenters. The molecule has 1 fully saturated rings. The number of hydrogen-bond acceptors (Lipinski definition) is 5. The highest BCUT2D eigenvalue weighted by atomic mass is 32.1. The number of aliphatic carboxylic acids is 1. The minimum absolute atomic E-state index is 0.116. The number of thiazole rings is 1. The minimum atomic E-state index is -0.881. The lowest BCUT2D eigenvalue weighted by molar-refractivity contribution is -0.152. The molecule has 1 aromatic carbocycles. The summed E-state index contributed by atoms with van der Waals surface area (Å²) < 4.78 is 6.12. The number of amides is 1. The van der Waals surface area contributed by atoms with E-state index in [9.17, 15) is 14.7 Å². The second kappa shape index (κ2) is 7.72. The van der Waals surface area contributed by atoms with Gasteiger partial charge in [0.15, 0.2) is 0 Å². The Morgan fingerprint density at radius 1 is 1.42 bits per heavy atom. The smallest absolute Gasteiger partial charge is 0.311 e. The number of methoxy groups -OCH3 is 1. The average Bonchev–Trinajstić information content (AvgIpc) is 3.00. The van der Waals surface area contributed by atoms with Gasteiger partial charge in [0.2, 0.25) is 0 Å². The van der Waals surface area contributed by atoms with Crippen LogP contribution < -0.4 is 0 Å². The number of carboxylic acids is 1. The first-order valence-electron chi connectivity index (χ1n) is 8.84. The summed E-state index contributed by atoms with van der Waals surface area (Å²) in [5.74, 6) is -0.939. The van der Waals surface area contributed by atoms with Crippen molar-refractivity contribution >= 4 is 33.4 Å². The Hall–Kier alpha value is -1.99. The fourth-order valence-electron chi connectivity index (χ4n) is 3.70. The number of likely N-dealkylation sites (tertiary alicyclic amines) is 1. The Morgan fingerprint density at radius 2 is 2.23 bits per heavy atom. The minimum Gasteiger partial charge on any atom is -0.481 e. The van der Waals surface area contributed by atoms with E-state index in [4.69, 9.17) is 4.74 Å². The zero-order valence-corrected chi connectivity index (χ0v) is 16.0. The Bertz CT molecular complexity index is 819. The molecule has 140 valence electrons. The highest BCUT2D eigenvalue weighted by Crippen LogP contribution is 2.36. The maximum Gasteiger partial charge on any atom is 0.311 e. The van der Waals surface area contributed by atoms with Gasteiger partial charge in [0, 0.05) is 32.4 Å². The molecule has 1 aromatic heterocycles. The van der Waals surface area contributed by atoms with Gasteiger partial charge in [-0.25, -0.2) is 4.98 Å². The first-order valence-corrected chi connectivity index (χ1v) is 9.66. The molecule has 3 rings (SSSR count). The number of fused-ring (bicyclic) bond motifs is 1. The summed E-state index contributed by atoms with van der Waals surface area (Å²) in [4.78, 5) is 31.1. The average molecular weight is 376 g/mol. The van der Waals surface area contributed by atoms with Gasteiger partial charge >= 0.3 is 5.97 Å². The molecule has 0 bridgehead atoms. The van der Waals surface area contributed by atoms with Crippen LogP contribution in [0.25, 0.3) is 10.2 Å². The third-order valence-corrected chi connectivity index (χ3v) is 6.01. The van der Waals surface area contributed by atoms with Crippen LogP contribution in [0.1, 0.15) is 41.0 Å². The van der Waals surface area contributed by atoms with Crippen LogP contribution in [0.2, 0.25) is 0 Å². The van der Waals surface area contributed by atoms with E-state index in [0.717, 1.165) is 15.2 Å². The molecule has 1 aliphatic heterocycles. The van der Waals surface area contributed by atoms with Crippen molar-refractivity contribution in [2.75, 3.05) is 26.8 Å². The fourth-order valence-corrected chi connectivity index (χ4v) is 4.51. The monoisotopic (exact) mass is 376 g/mol. The van der Waals surface area contributed by atoms with Crippen LogP contribution in [-0.2, 0) is 9.53 Å². The van der Waals surface area contributed by atoms with Crippen molar-refractivity contribution in [1.29, 1.82) is 0 Å². The van der Waals surface area contributed by atoms with Gasteiger partial charge in [0.1, 0.15) is 0 Å². The van der Waals surface area contributed by atoms with Gasteiger partial charge in [-0.3, -0.25) is 9.59 Å². The number of carbonyl (C=O) groups is 2. The van der Waals surface area contributed by atoms with Crippen molar-refractivity contribution in [3.05, 3.63) is 28.8 Å². The molecular formula is C19H24N2O4S. The van der Waals surface area contributed by atoms with Crippen LogP contribution >= 0.6 is 11.3 Å². The maximum absolute atomic E-state index is 13.0. The zero-order valence-electron chi connectivity index (χ0n) is 15.2. The summed E-state index contributed by atoms with van der Waals surface area (Å²) in [6, 6.07) is 5.54. The van der Waals surface area contributed by atoms with E-state index in [0.29, 0.717) is 44.4 Å².